The van der Waals surface area contributed by atoms with E-state index in [0.29, 0.717) is 0 Å². The van der Waals surface area contributed by atoms with Gasteiger partial charge in [-0.25, -0.2) is 0 Å². The molecule has 1 saturated carbocycles. The monoisotopic (exact) mass is 156 g/mol. The van der Waals surface area contributed by atoms with Crippen LogP contribution in [0.15, 0.2) is 0 Å². The van der Waals surface area contributed by atoms with Gasteiger partial charge in [0.2, 0.25) is 0 Å². The second-order valence-electron chi connectivity index (χ2n) is 3.61. The molecule has 2 fully saturated rings. The molecule has 2 rings (SSSR count). The Bertz CT molecular complexity index is 202. The summed E-state index contributed by atoms with van der Waals surface area (Å²) in [5.41, 5.74) is -0.315. The molecular formula is C8H12O3. The Labute approximate surface area is 65.4 Å². The van der Waals surface area contributed by atoms with Crippen LogP contribution < -0.4 is 0 Å². The van der Waals surface area contributed by atoms with Crippen LogP contribution in [-0.4, -0.2) is 22.8 Å². The minimum absolute atomic E-state index is 0.234. The van der Waals surface area contributed by atoms with Gasteiger partial charge in [-0.15, -0.1) is 0 Å². The molecule has 2 aliphatic rings. The molecule has 1 heterocycles. The molecule has 62 valence electrons. The summed E-state index contributed by atoms with van der Waals surface area (Å²) < 4.78 is 5.36. The van der Waals surface area contributed by atoms with Crippen LogP contribution in [0.5, 0.6) is 0 Å². The zero-order valence-electron chi connectivity index (χ0n) is 6.54. The van der Waals surface area contributed by atoms with Gasteiger partial charge in [-0.1, -0.05) is 0 Å². The third kappa shape index (κ3) is 0.872. The number of fused-ring (bicyclic) bond motifs is 1. The van der Waals surface area contributed by atoms with E-state index in [-0.39, 0.29) is 17.6 Å². The lowest BCUT2D eigenvalue weighted by Crippen LogP contribution is -2.33. The van der Waals surface area contributed by atoms with E-state index in [1.165, 1.54) is 0 Å². The van der Waals surface area contributed by atoms with E-state index in [9.17, 15) is 4.79 Å². The van der Waals surface area contributed by atoms with E-state index in [2.05, 4.69) is 0 Å². The normalized spacial score (nSPS) is 48.1. The number of hydrogen-bond donors (Lipinski definition) is 1. The third-order valence-electron chi connectivity index (χ3n) is 2.93. The number of carbonyl (C=O) groups is 1. The van der Waals surface area contributed by atoms with Gasteiger partial charge in [0.05, 0.1) is 12.0 Å². The predicted molar refractivity (Wildman–Crippen MR) is 38.3 cm³/mol. The topological polar surface area (TPSA) is 49.8 Å². The lowest BCUT2D eigenvalue weighted by atomic mass is 9.80. The van der Waals surface area contributed by atoms with Crippen LogP contribution in [0.2, 0.25) is 0 Å². The summed E-state index contributed by atoms with van der Waals surface area (Å²) in [5, 5.41) is 8.82. The van der Waals surface area contributed by atoms with Crippen molar-refractivity contribution in [1.29, 1.82) is 0 Å². The Hall–Kier alpha value is -0.570. The molecule has 1 N–H and O–H groups in total. The molecule has 1 aliphatic carbocycles. The van der Waals surface area contributed by atoms with Crippen molar-refractivity contribution in [2.24, 2.45) is 5.92 Å². The molecule has 0 radical (unpaired) electrons. The molecule has 0 bridgehead atoms. The Kier molecular flexibility index (Phi) is 1.27. The first kappa shape index (κ1) is 7.10. The molecular weight excluding hydrogens is 144 g/mol. The second kappa shape index (κ2) is 1.97. The summed E-state index contributed by atoms with van der Waals surface area (Å²) in [4.78, 5) is 10.7. The Morgan fingerprint density at radius 2 is 2.36 bits per heavy atom. The highest BCUT2D eigenvalue weighted by Gasteiger charge is 2.61. The number of hydrogen-bond acceptors (Lipinski definition) is 2. The number of carboxylic acid groups (broad SMARTS) is 1. The highest BCUT2D eigenvalue weighted by atomic mass is 16.6. The lowest BCUT2D eigenvalue weighted by molar-refractivity contribution is -0.144. The van der Waals surface area contributed by atoms with Crippen molar-refractivity contribution in [2.75, 3.05) is 0 Å². The van der Waals surface area contributed by atoms with Gasteiger partial charge in [0, 0.05) is 0 Å². The molecule has 3 atom stereocenters. The number of aliphatic carboxylic acids is 1. The van der Waals surface area contributed by atoms with Crippen LogP contribution in [0.1, 0.15) is 26.2 Å². The second-order valence-corrected chi connectivity index (χ2v) is 3.61. The number of epoxide rings is 1. The maximum Gasteiger partial charge on any atom is 0.309 e. The van der Waals surface area contributed by atoms with E-state index < -0.39 is 5.97 Å². The van der Waals surface area contributed by atoms with Crippen LogP contribution in [0.4, 0.5) is 0 Å². The van der Waals surface area contributed by atoms with E-state index in [1.807, 2.05) is 6.92 Å². The smallest absolute Gasteiger partial charge is 0.309 e. The Morgan fingerprint density at radius 1 is 1.64 bits per heavy atom. The average molecular weight is 156 g/mol. The summed E-state index contributed by atoms with van der Waals surface area (Å²) in [6.45, 7) is 1.91. The molecule has 0 amide bonds. The van der Waals surface area contributed by atoms with E-state index in [4.69, 9.17) is 9.84 Å². The van der Waals surface area contributed by atoms with Gasteiger partial charge < -0.3 is 9.84 Å². The standard InChI is InChI=1S/C8H12O3/c1-8-5(7(9)10)3-2-4-6(8)11-8/h5-6H,2-4H2,1H3,(H,9,10). The summed E-state index contributed by atoms with van der Waals surface area (Å²) in [6, 6.07) is 0. The van der Waals surface area contributed by atoms with Gasteiger partial charge >= 0.3 is 5.97 Å². The molecule has 0 aromatic heterocycles. The molecule has 0 aromatic rings. The van der Waals surface area contributed by atoms with Crippen molar-refractivity contribution >= 4 is 5.97 Å². The van der Waals surface area contributed by atoms with Crippen molar-refractivity contribution in [3.05, 3.63) is 0 Å². The fraction of sp³-hybridized carbons (Fsp3) is 0.875. The molecule has 1 aliphatic heterocycles. The number of ether oxygens (including phenoxy) is 1. The van der Waals surface area contributed by atoms with Gasteiger partial charge in [-0.3, -0.25) is 4.79 Å². The van der Waals surface area contributed by atoms with Crippen LogP contribution in [0.25, 0.3) is 0 Å². The molecule has 0 aromatic carbocycles. The van der Waals surface area contributed by atoms with Crippen molar-refractivity contribution < 1.29 is 14.6 Å². The number of carboxylic acids is 1. The molecule has 3 nitrogen and oxygen atoms in total. The van der Waals surface area contributed by atoms with Crippen molar-refractivity contribution in [2.45, 2.75) is 37.9 Å². The van der Waals surface area contributed by atoms with Crippen molar-refractivity contribution in [1.82, 2.24) is 0 Å². The molecule has 3 heteroatoms. The van der Waals surface area contributed by atoms with Gasteiger partial charge in [-0.05, 0) is 26.2 Å². The van der Waals surface area contributed by atoms with E-state index in [0.717, 1.165) is 19.3 Å². The van der Waals surface area contributed by atoms with Crippen molar-refractivity contribution in [3.8, 4) is 0 Å². The van der Waals surface area contributed by atoms with Crippen LogP contribution in [0.3, 0.4) is 0 Å². The lowest BCUT2D eigenvalue weighted by Gasteiger charge is -2.20. The first-order valence-corrected chi connectivity index (χ1v) is 4.05. The van der Waals surface area contributed by atoms with Gasteiger partial charge in [0.25, 0.3) is 0 Å². The minimum Gasteiger partial charge on any atom is -0.481 e. The Morgan fingerprint density at radius 3 is 2.91 bits per heavy atom. The molecule has 1 saturated heterocycles. The number of rotatable bonds is 1. The quantitative estimate of drug-likeness (QED) is 0.577. The highest BCUT2D eigenvalue weighted by molar-refractivity contribution is 5.72. The van der Waals surface area contributed by atoms with Gasteiger partial charge in [0.15, 0.2) is 0 Å². The maximum atomic E-state index is 10.7. The largest absolute Gasteiger partial charge is 0.481 e. The van der Waals surface area contributed by atoms with E-state index in [1.54, 1.807) is 0 Å². The Balaban J connectivity index is 2.14. The summed E-state index contributed by atoms with van der Waals surface area (Å²) >= 11 is 0. The highest BCUT2D eigenvalue weighted by Crippen LogP contribution is 2.50. The predicted octanol–water partition coefficient (Wildman–Crippen LogP) is 1.03. The molecule has 11 heavy (non-hydrogen) atoms. The summed E-state index contributed by atoms with van der Waals surface area (Å²) in [7, 11) is 0. The summed E-state index contributed by atoms with van der Waals surface area (Å²) in [6.07, 6.45) is 3.05. The third-order valence-corrected chi connectivity index (χ3v) is 2.93. The zero-order chi connectivity index (χ0) is 8.06. The fourth-order valence-corrected chi connectivity index (χ4v) is 2.09. The molecule has 3 unspecified atom stereocenters. The summed E-state index contributed by atoms with van der Waals surface area (Å²) in [5.74, 6) is -0.962. The van der Waals surface area contributed by atoms with Crippen molar-refractivity contribution in [3.63, 3.8) is 0 Å². The van der Waals surface area contributed by atoms with Gasteiger partial charge in [-0.2, -0.15) is 0 Å². The average Bonchev–Trinajstić information content (AvgIpc) is 2.58. The molecule has 0 spiro atoms. The van der Waals surface area contributed by atoms with E-state index >= 15 is 0 Å². The van der Waals surface area contributed by atoms with Crippen LogP contribution in [0, 0.1) is 5.92 Å². The SMILES string of the molecule is CC12OC1CCCC2C(=O)O. The zero-order valence-corrected chi connectivity index (χ0v) is 6.54. The fourth-order valence-electron chi connectivity index (χ4n) is 2.09. The maximum absolute atomic E-state index is 10.7. The van der Waals surface area contributed by atoms with Crippen LogP contribution >= 0.6 is 0 Å². The first-order valence-electron chi connectivity index (χ1n) is 4.05. The first-order chi connectivity index (χ1) is 5.14. The van der Waals surface area contributed by atoms with Crippen LogP contribution in [-0.2, 0) is 9.53 Å². The van der Waals surface area contributed by atoms with Gasteiger partial charge in [0.1, 0.15) is 5.60 Å². The minimum atomic E-state index is -0.699.